The van der Waals surface area contributed by atoms with Gasteiger partial charge in [-0.15, -0.1) is 0 Å². The number of rotatable bonds is 0. The van der Waals surface area contributed by atoms with Crippen LogP contribution in [0.2, 0.25) is 0 Å². The van der Waals surface area contributed by atoms with E-state index in [1.54, 1.807) is 22.3 Å². The van der Waals surface area contributed by atoms with Gasteiger partial charge in [0.1, 0.15) is 6.34 Å². The molecule has 0 amide bonds. The van der Waals surface area contributed by atoms with Gasteiger partial charge in [0.05, 0.1) is 16.1 Å². The third-order valence-electron chi connectivity index (χ3n) is 0.856. The molecular formula is C3H5BrClN3. The average molecular weight is 198 g/mol. The normalized spacial score (nSPS) is 27.6. The number of hydrazone groups is 1. The van der Waals surface area contributed by atoms with Crippen molar-refractivity contribution in [2.24, 2.45) is 5.10 Å². The maximum absolute atomic E-state index is 5.69. The van der Waals surface area contributed by atoms with Gasteiger partial charge in [-0.1, -0.05) is 11.6 Å². The Labute approximate surface area is 61.2 Å². The molecule has 8 heavy (non-hydrogen) atoms. The van der Waals surface area contributed by atoms with Crippen molar-refractivity contribution in [2.45, 2.75) is 5.62 Å². The fraction of sp³-hybridized carbons (Fsp3) is 0.667. The van der Waals surface area contributed by atoms with Crippen LogP contribution in [-0.2, 0) is 0 Å². The Morgan fingerprint density at radius 3 is 2.62 bits per heavy atom. The Morgan fingerprint density at radius 1 is 1.88 bits per heavy atom. The van der Waals surface area contributed by atoms with Gasteiger partial charge in [0.2, 0.25) is 5.62 Å². The number of hydrogen-bond acceptors (Lipinski definition) is 3. The van der Waals surface area contributed by atoms with Gasteiger partial charge in [-0.25, -0.2) is 0 Å². The lowest BCUT2D eigenvalue weighted by molar-refractivity contribution is 0.306. The largest absolute Gasteiger partial charge is 0.261 e. The fourth-order valence-electron chi connectivity index (χ4n) is 0.400. The van der Waals surface area contributed by atoms with E-state index in [-0.39, 0.29) is 5.62 Å². The zero-order chi connectivity index (χ0) is 6.15. The quantitative estimate of drug-likeness (QED) is 0.329. The minimum absolute atomic E-state index is 0.185. The first-order chi connectivity index (χ1) is 3.72. The van der Waals surface area contributed by atoms with Crippen LogP contribution in [0.5, 0.6) is 0 Å². The van der Waals surface area contributed by atoms with E-state index in [0.717, 1.165) is 0 Å². The van der Waals surface area contributed by atoms with Gasteiger partial charge in [0.15, 0.2) is 0 Å². The van der Waals surface area contributed by atoms with Gasteiger partial charge in [-0.3, -0.25) is 8.93 Å². The van der Waals surface area contributed by atoms with Gasteiger partial charge < -0.3 is 0 Å². The molecule has 46 valence electrons. The molecule has 1 unspecified atom stereocenters. The maximum Gasteiger partial charge on any atom is 0.204 e. The van der Waals surface area contributed by atoms with Crippen molar-refractivity contribution in [1.82, 2.24) is 8.93 Å². The molecule has 1 aliphatic rings. The molecule has 5 heteroatoms. The molecule has 0 saturated carbocycles. The van der Waals surface area contributed by atoms with Crippen LogP contribution in [0.3, 0.4) is 0 Å². The molecular weight excluding hydrogens is 193 g/mol. The molecule has 1 aliphatic heterocycles. The minimum atomic E-state index is -0.185. The molecule has 0 N–H and O–H groups in total. The number of halogens is 2. The van der Waals surface area contributed by atoms with Gasteiger partial charge in [-0.05, 0) is 0 Å². The summed E-state index contributed by atoms with van der Waals surface area (Å²) in [6, 6.07) is 0. The molecule has 3 nitrogen and oxygen atoms in total. The van der Waals surface area contributed by atoms with Crippen molar-refractivity contribution in [2.75, 3.05) is 7.05 Å². The smallest absolute Gasteiger partial charge is 0.204 e. The lowest BCUT2D eigenvalue weighted by Gasteiger charge is -2.14. The van der Waals surface area contributed by atoms with E-state index < -0.39 is 0 Å². The lowest BCUT2D eigenvalue weighted by Crippen LogP contribution is -2.25. The van der Waals surface area contributed by atoms with Crippen LogP contribution in [0.4, 0.5) is 0 Å². The highest BCUT2D eigenvalue weighted by Gasteiger charge is 2.19. The molecule has 0 spiro atoms. The molecule has 0 aromatic rings. The Balaban J connectivity index is 2.55. The summed E-state index contributed by atoms with van der Waals surface area (Å²) in [6.07, 6.45) is 1.61. The summed E-state index contributed by atoms with van der Waals surface area (Å²) in [5.41, 5.74) is -0.185. The van der Waals surface area contributed by atoms with Crippen molar-refractivity contribution in [3.05, 3.63) is 0 Å². The SMILES string of the molecule is CN1N=CN(Br)C1Cl. The molecule has 1 rings (SSSR count). The third kappa shape index (κ3) is 0.902. The summed E-state index contributed by atoms with van der Waals surface area (Å²) in [5, 5.41) is 5.49. The number of nitrogens with zero attached hydrogens (tertiary/aromatic N) is 3. The molecule has 1 heterocycles. The molecule has 0 bridgehead atoms. The molecule has 0 fully saturated rings. The first kappa shape index (κ1) is 6.16. The van der Waals surface area contributed by atoms with Gasteiger partial charge in [-0.2, -0.15) is 5.10 Å². The average Bonchev–Trinajstić information content (AvgIpc) is 1.98. The van der Waals surface area contributed by atoms with Crippen LogP contribution in [0.25, 0.3) is 0 Å². The third-order valence-corrected chi connectivity index (χ3v) is 2.16. The fourth-order valence-corrected chi connectivity index (χ4v) is 0.848. The van der Waals surface area contributed by atoms with E-state index in [2.05, 4.69) is 21.2 Å². The Kier molecular flexibility index (Phi) is 1.62. The first-order valence-electron chi connectivity index (χ1n) is 2.07. The van der Waals surface area contributed by atoms with Crippen molar-refractivity contribution >= 4 is 34.1 Å². The summed E-state index contributed by atoms with van der Waals surface area (Å²) in [5.74, 6) is 0. The van der Waals surface area contributed by atoms with Crippen molar-refractivity contribution in [1.29, 1.82) is 0 Å². The van der Waals surface area contributed by atoms with E-state index in [1.807, 2.05) is 0 Å². The molecule has 0 saturated heterocycles. The van der Waals surface area contributed by atoms with E-state index in [4.69, 9.17) is 11.6 Å². The maximum atomic E-state index is 5.69. The Hall–Kier alpha value is 0.0400. The van der Waals surface area contributed by atoms with E-state index in [0.29, 0.717) is 0 Å². The standard InChI is InChI=1S/C3H5BrClN3/c1-7-3(5)8(4)2-6-7/h2-3H,1H3. The summed E-state index contributed by atoms with van der Waals surface area (Å²) < 4.78 is 1.63. The number of alkyl halides is 1. The topological polar surface area (TPSA) is 18.8 Å². The highest BCUT2D eigenvalue weighted by Crippen LogP contribution is 2.16. The van der Waals surface area contributed by atoms with Gasteiger partial charge in [0, 0.05) is 7.05 Å². The highest BCUT2D eigenvalue weighted by atomic mass is 79.9. The van der Waals surface area contributed by atoms with E-state index >= 15 is 0 Å². The zero-order valence-corrected chi connectivity index (χ0v) is 6.59. The Morgan fingerprint density at radius 2 is 2.50 bits per heavy atom. The summed E-state index contributed by atoms with van der Waals surface area (Å²) in [6.45, 7) is 0. The minimum Gasteiger partial charge on any atom is -0.261 e. The summed E-state index contributed by atoms with van der Waals surface area (Å²) >= 11 is 8.85. The Bertz CT molecular complexity index is 105. The zero-order valence-electron chi connectivity index (χ0n) is 4.25. The molecule has 0 aromatic carbocycles. The highest BCUT2D eigenvalue weighted by molar-refractivity contribution is 9.07. The second-order valence-corrected chi connectivity index (χ2v) is 2.67. The van der Waals surface area contributed by atoms with Crippen LogP contribution in [0, 0.1) is 0 Å². The molecule has 0 radical (unpaired) electrons. The monoisotopic (exact) mass is 197 g/mol. The van der Waals surface area contributed by atoms with Crippen LogP contribution < -0.4 is 0 Å². The predicted octanol–water partition coefficient (Wildman–Crippen LogP) is 1.01. The van der Waals surface area contributed by atoms with Crippen LogP contribution in [0.15, 0.2) is 5.10 Å². The van der Waals surface area contributed by atoms with Crippen molar-refractivity contribution < 1.29 is 0 Å². The van der Waals surface area contributed by atoms with Crippen molar-refractivity contribution in [3.8, 4) is 0 Å². The first-order valence-corrected chi connectivity index (χ1v) is 3.21. The second kappa shape index (κ2) is 2.11. The lowest BCUT2D eigenvalue weighted by atomic mass is 11.0. The number of hydrogen-bond donors (Lipinski definition) is 0. The van der Waals surface area contributed by atoms with E-state index in [1.165, 1.54) is 0 Å². The second-order valence-electron chi connectivity index (χ2n) is 1.46. The summed E-state index contributed by atoms with van der Waals surface area (Å²) in [4.78, 5) is 0. The molecule has 0 aliphatic carbocycles. The van der Waals surface area contributed by atoms with Crippen LogP contribution in [-0.4, -0.2) is 27.9 Å². The van der Waals surface area contributed by atoms with Gasteiger partial charge in [0.25, 0.3) is 0 Å². The van der Waals surface area contributed by atoms with Crippen molar-refractivity contribution in [3.63, 3.8) is 0 Å². The predicted molar refractivity (Wildman–Crippen MR) is 36.7 cm³/mol. The molecule has 0 aromatic heterocycles. The van der Waals surface area contributed by atoms with Crippen LogP contribution >= 0.6 is 27.7 Å². The van der Waals surface area contributed by atoms with E-state index in [9.17, 15) is 0 Å². The molecule has 1 atom stereocenters. The van der Waals surface area contributed by atoms with Gasteiger partial charge >= 0.3 is 0 Å². The van der Waals surface area contributed by atoms with Crippen LogP contribution in [0.1, 0.15) is 0 Å². The summed E-state index contributed by atoms with van der Waals surface area (Å²) in [7, 11) is 1.80.